The van der Waals surface area contributed by atoms with Gasteiger partial charge in [0.25, 0.3) is 0 Å². The van der Waals surface area contributed by atoms with E-state index in [2.05, 4.69) is 0 Å². The molecule has 0 saturated carbocycles. The molecule has 112 valence electrons. The lowest BCUT2D eigenvalue weighted by Gasteiger charge is -2.22. The zero-order valence-electron chi connectivity index (χ0n) is 12.3. The molecular formula is C12H22B2O6. The van der Waals surface area contributed by atoms with E-state index in [-0.39, 0.29) is 44.9 Å². The lowest BCUT2D eigenvalue weighted by Crippen LogP contribution is -2.39. The predicted octanol–water partition coefficient (Wildman–Crippen LogP) is 0.963. The van der Waals surface area contributed by atoms with E-state index in [1.165, 1.54) is 0 Å². The molecule has 5 unspecified atom stereocenters. The minimum atomic E-state index is -0.379. The molecule has 3 saturated heterocycles. The molecule has 0 N–H and O–H groups in total. The van der Waals surface area contributed by atoms with Gasteiger partial charge in [0.15, 0.2) is 6.29 Å². The first-order valence-electron chi connectivity index (χ1n) is 7.61. The summed E-state index contributed by atoms with van der Waals surface area (Å²) in [5.74, 6) is 0. The van der Waals surface area contributed by atoms with E-state index in [0.29, 0.717) is 13.2 Å². The number of rotatable bonds is 5. The van der Waals surface area contributed by atoms with Crippen LogP contribution in [0.4, 0.5) is 0 Å². The number of fused-ring (bicyclic) bond motifs is 1. The van der Waals surface area contributed by atoms with Crippen LogP contribution in [0, 0.1) is 0 Å². The Hall–Kier alpha value is -0.110. The summed E-state index contributed by atoms with van der Waals surface area (Å²) >= 11 is 0. The van der Waals surface area contributed by atoms with Crippen molar-refractivity contribution in [3.8, 4) is 0 Å². The van der Waals surface area contributed by atoms with Crippen molar-refractivity contribution in [3.05, 3.63) is 0 Å². The summed E-state index contributed by atoms with van der Waals surface area (Å²) in [6.07, 6.45) is 0.659. The molecule has 3 aliphatic rings. The van der Waals surface area contributed by atoms with Gasteiger partial charge in [0.2, 0.25) is 0 Å². The molecule has 3 aliphatic heterocycles. The predicted molar refractivity (Wildman–Crippen MR) is 73.3 cm³/mol. The van der Waals surface area contributed by atoms with E-state index in [1.807, 2.05) is 20.8 Å². The van der Waals surface area contributed by atoms with Gasteiger partial charge >= 0.3 is 14.2 Å². The van der Waals surface area contributed by atoms with Crippen molar-refractivity contribution in [3.63, 3.8) is 0 Å². The third kappa shape index (κ3) is 2.65. The molecule has 5 atom stereocenters. The highest BCUT2D eigenvalue weighted by Gasteiger charge is 2.57. The van der Waals surface area contributed by atoms with Crippen LogP contribution in [-0.4, -0.2) is 58.2 Å². The molecule has 0 radical (unpaired) electrons. The molecule has 3 rings (SSSR count). The lowest BCUT2D eigenvalue weighted by atomic mass is 9.86. The molecule has 3 heterocycles. The summed E-state index contributed by atoms with van der Waals surface area (Å²) < 4.78 is 34.9. The maximum Gasteiger partial charge on any atom is 0.457 e. The third-order valence-electron chi connectivity index (χ3n) is 3.96. The first-order valence-corrected chi connectivity index (χ1v) is 7.61. The van der Waals surface area contributed by atoms with Crippen molar-refractivity contribution in [1.82, 2.24) is 0 Å². The Kier molecular flexibility index (Phi) is 4.69. The Bertz CT molecular complexity index is 333. The second-order valence-corrected chi connectivity index (χ2v) is 5.31. The van der Waals surface area contributed by atoms with Crippen molar-refractivity contribution >= 4 is 14.2 Å². The fraction of sp³-hybridized carbons (Fsp3) is 1.00. The van der Waals surface area contributed by atoms with E-state index in [0.717, 1.165) is 12.6 Å². The lowest BCUT2D eigenvalue weighted by molar-refractivity contribution is -0.172. The van der Waals surface area contributed by atoms with E-state index in [4.69, 9.17) is 28.1 Å². The third-order valence-corrected chi connectivity index (χ3v) is 3.96. The summed E-state index contributed by atoms with van der Waals surface area (Å²) in [5, 5.41) is 0. The molecule has 0 aromatic carbocycles. The van der Waals surface area contributed by atoms with Crippen LogP contribution in [0.1, 0.15) is 20.8 Å². The second-order valence-electron chi connectivity index (χ2n) is 5.31. The van der Waals surface area contributed by atoms with Crippen LogP contribution < -0.4 is 0 Å². The topological polar surface area (TPSA) is 55.4 Å². The first kappa shape index (κ1) is 14.8. The Morgan fingerprint density at radius 3 is 2.35 bits per heavy atom. The molecule has 20 heavy (non-hydrogen) atoms. The zero-order chi connectivity index (χ0) is 14.1. The van der Waals surface area contributed by atoms with Gasteiger partial charge in [-0.2, -0.15) is 0 Å². The van der Waals surface area contributed by atoms with Crippen molar-refractivity contribution in [2.45, 2.75) is 64.1 Å². The van der Waals surface area contributed by atoms with Crippen LogP contribution in [0.15, 0.2) is 0 Å². The van der Waals surface area contributed by atoms with Gasteiger partial charge in [-0.05, 0) is 19.6 Å². The van der Waals surface area contributed by atoms with Gasteiger partial charge in [-0.3, -0.25) is 0 Å². The fourth-order valence-electron chi connectivity index (χ4n) is 2.98. The molecule has 0 spiro atoms. The Balaban J connectivity index is 1.68. The van der Waals surface area contributed by atoms with E-state index in [9.17, 15) is 0 Å². The average molecular weight is 284 g/mol. The summed E-state index contributed by atoms with van der Waals surface area (Å²) in [5.41, 5.74) is 0. The van der Waals surface area contributed by atoms with Crippen molar-refractivity contribution in [1.29, 1.82) is 0 Å². The zero-order valence-corrected chi connectivity index (χ0v) is 12.3. The van der Waals surface area contributed by atoms with E-state index >= 15 is 0 Å². The summed E-state index contributed by atoms with van der Waals surface area (Å²) in [4.78, 5) is 0. The second kappa shape index (κ2) is 6.34. The maximum absolute atomic E-state index is 5.96. The van der Waals surface area contributed by atoms with E-state index in [1.54, 1.807) is 0 Å². The number of ether oxygens (including phenoxy) is 2. The van der Waals surface area contributed by atoms with Crippen LogP contribution in [-0.2, 0) is 28.1 Å². The quantitative estimate of drug-likeness (QED) is 0.701. The van der Waals surface area contributed by atoms with Crippen LogP contribution in [0.5, 0.6) is 0 Å². The standard InChI is InChI=1S/C12H22B2O6/c1-4-13-16-7-8(18-13)9-10-11(12(17-9)15-6-3)20-14(5-2)19-10/h8-12H,4-7H2,1-3H3. The Morgan fingerprint density at radius 1 is 0.950 bits per heavy atom. The number of hydrogen-bond acceptors (Lipinski definition) is 6. The van der Waals surface area contributed by atoms with Gasteiger partial charge < -0.3 is 28.1 Å². The molecule has 3 fully saturated rings. The van der Waals surface area contributed by atoms with Gasteiger partial charge in [0, 0.05) is 6.61 Å². The van der Waals surface area contributed by atoms with Crippen LogP contribution >= 0.6 is 0 Å². The molecule has 0 aromatic heterocycles. The van der Waals surface area contributed by atoms with Gasteiger partial charge in [0.1, 0.15) is 18.3 Å². The molecule has 8 heteroatoms. The maximum atomic E-state index is 5.96. The molecular weight excluding hydrogens is 262 g/mol. The van der Waals surface area contributed by atoms with Crippen LogP contribution in [0.3, 0.4) is 0 Å². The highest BCUT2D eigenvalue weighted by molar-refractivity contribution is 6.45. The monoisotopic (exact) mass is 284 g/mol. The summed E-state index contributed by atoms with van der Waals surface area (Å²) in [6, 6.07) is 0. The first-order chi connectivity index (χ1) is 9.76. The SMILES string of the molecule is CCOC1OC(C2COB(CC)O2)C2OB(CC)OC12. The van der Waals surface area contributed by atoms with Crippen molar-refractivity contribution in [2.75, 3.05) is 13.2 Å². The van der Waals surface area contributed by atoms with Gasteiger partial charge in [-0.1, -0.05) is 13.8 Å². The largest absolute Gasteiger partial charge is 0.457 e. The van der Waals surface area contributed by atoms with E-state index < -0.39 is 0 Å². The molecule has 0 aliphatic carbocycles. The highest BCUT2D eigenvalue weighted by atomic mass is 16.8. The summed E-state index contributed by atoms with van der Waals surface area (Å²) in [6.45, 7) is 7.14. The summed E-state index contributed by atoms with van der Waals surface area (Å²) in [7, 11) is -0.318. The molecule has 0 bridgehead atoms. The highest BCUT2D eigenvalue weighted by Crippen LogP contribution is 2.37. The number of hydrogen-bond donors (Lipinski definition) is 0. The minimum Gasteiger partial charge on any atom is -0.408 e. The fourth-order valence-corrected chi connectivity index (χ4v) is 2.98. The van der Waals surface area contributed by atoms with Crippen LogP contribution in [0.2, 0.25) is 12.6 Å². The average Bonchev–Trinajstić information content (AvgIpc) is 3.14. The van der Waals surface area contributed by atoms with Gasteiger partial charge in [-0.15, -0.1) is 0 Å². The minimum absolute atomic E-state index is 0.114. The molecule has 0 aromatic rings. The molecule has 0 amide bonds. The van der Waals surface area contributed by atoms with Crippen molar-refractivity contribution < 1.29 is 28.1 Å². The smallest absolute Gasteiger partial charge is 0.408 e. The van der Waals surface area contributed by atoms with Crippen molar-refractivity contribution in [2.24, 2.45) is 0 Å². The van der Waals surface area contributed by atoms with Gasteiger partial charge in [0.05, 0.1) is 12.7 Å². The normalized spacial score (nSPS) is 40.6. The van der Waals surface area contributed by atoms with Gasteiger partial charge in [-0.25, -0.2) is 0 Å². The van der Waals surface area contributed by atoms with Crippen LogP contribution in [0.25, 0.3) is 0 Å². The molecule has 6 nitrogen and oxygen atoms in total. The Morgan fingerprint density at radius 2 is 1.70 bits per heavy atom. The Labute approximate surface area is 120 Å².